The maximum Gasteiger partial charge on any atom is 0.232 e. The van der Waals surface area contributed by atoms with Gasteiger partial charge in [-0.1, -0.05) is 72.4 Å². The predicted molar refractivity (Wildman–Crippen MR) is 118 cm³/mol. The molecule has 0 spiro atoms. The fraction of sp³-hybridized carbons (Fsp3) is 0.208. The molecule has 3 aromatic rings. The lowest BCUT2D eigenvalue weighted by atomic mass is 9.99. The third-order valence-electron chi connectivity index (χ3n) is 4.70. The van der Waals surface area contributed by atoms with Crippen molar-refractivity contribution in [3.63, 3.8) is 0 Å². The van der Waals surface area contributed by atoms with Crippen LogP contribution in [0, 0.1) is 11.3 Å². The second kappa shape index (κ2) is 9.90. The van der Waals surface area contributed by atoms with Crippen LogP contribution in [-0.2, 0) is 4.79 Å². The summed E-state index contributed by atoms with van der Waals surface area (Å²) in [5.74, 6) is 0.313. The maximum atomic E-state index is 12.5. The van der Waals surface area contributed by atoms with Gasteiger partial charge in [-0.15, -0.1) is 0 Å². The number of thioether (sulfide) groups is 1. The summed E-state index contributed by atoms with van der Waals surface area (Å²) >= 11 is 1.33. The van der Waals surface area contributed by atoms with E-state index in [4.69, 9.17) is 4.98 Å². The monoisotopic (exact) mass is 401 g/mol. The Morgan fingerprint density at radius 2 is 1.59 bits per heavy atom. The van der Waals surface area contributed by atoms with E-state index in [9.17, 15) is 10.1 Å². The second-order valence-electron chi connectivity index (χ2n) is 6.43. The van der Waals surface area contributed by atoms with Gasteiger partial charge in [0.15, 0.2) is 0 Å². The Morgan fingerprint density at radius 1 is 1.00 bits per heavy atom. The molecule has 3 rings (SSSR count). The first-order chi connectivity index (χ1) is 14.2. The molecule has 1 heterocycles. The highest BCUT2D eigenvalue weighted by Crippen LogP contribution is 2.34. The number of rotatable bonds is 7. The van der Waals surface area contributed by atoms with Gasteiger partial charge in [-0.3, -0.25) is 4.79 Å². The van der Waals surface area contributed by atoms with Gasteiger partial charge in [0.2, 0.25) is 5.91 Å². The van der Waals surface area contributed by atoms with Crippen molar-refractivity contribution >= 4 is 17.7 Å². The van der Waals surface area contributed by atoms with Crippen LogP contribution in [0.5, 0.6) is 0 Å². The fourth-order valence-corrected chi connectivity index (χ4v) is 4.04. The van der Waals surface area contributed by atoms with E-state index in [1.54, 1.807) is 4.90 Å². The molecular weight excluding hydrogens is 378 g/mol. The Labute approximate surface area is 176 Å². The van der Waals surface area contributed by atoms with Gasteiger partial charge in [0.25, 0.3) is 0 Å². The highest BCUT2D eigenvalue weighted by Gasteiger charge is 2.18. The number of hydrogen-bond acceptors (Lipinski definition) is 4. The first-order valence-corrected chi connectivity index (χ1v) is 10.6. The van der Waals surface area contributed by atoms with Crippen molar-refractivity contribution < 1.29 is 4.79 Å². The molecule has 0 aliphatic heterocycles. The zero-order valence-corrected chi connectivity index (χ0v) is 17.4. The van der Waals surface area contributed by atoms with Gasteiger partial charge in [0, 0.05) is 24.2 Å². The SMILES string of the molecule is CCN(CC)C(=O)CSc1nc(-c2ccccc2)cc(-c2ccccc2)c1C#N. The largest absolute Gasteiger partial charge is 0.343 e. The summed E-state index contributed by atoms with van der Waals surface area (Å²) < 4.78 is 0. The molecule has 0 saturated heterocycles. The van der Waals surface area contributed by atoms with Crippen molar-refractivity contribution in [2.24, 2.45) is 0 Å². The Kier molecular flexibility index (Phi) is 7.04. The molecule has 0 radical (unpaired) electrons. The maximum absolute atomic E-state index is 12.5. The topological polar surface area (TPSA) is 57.0 Å². The summed E-state index contributed by atoms with van der Waals surface area (Å²) in [4.78, 5) is 19.0. The Bertz CT molecular complexity index is 1010. The van der Waals surface area contributed by atoms with Gasteiger partial charge in [0.05, 0.1) is 17.0 Å². The minimum Gasteiger partial charge on any atom is -0.343 e. The fourth-order valence-electron chi connectivity index (χ4n) is 3.13. The molecule has 0 N–H and O–H groups in total. The summed E-state index contributed by atoms with van der Waals surface area (Å²) in [6.45, 7) is 5.28. The number of benzene rings is 2. The van der Waals surface area contributed by atoms with Crippen LogP contribution in [0.4, 0.5) is 0 Å². The summed E-state index contributed by atoms with van der Waals surface area (Å²) in [5, 5.41) is 10.5. The summed E-state index contributed by atoms with van der Waals surface area (Å²) in [7, 11) is 0. The molecule has 146 valence electrons. The van der Waals surface area contributed by atoms with Crippen molar-refractivity contribution in [2.75, 3.05) is 18.8 Å². The molecule has 2 aromatic carbocycles. The Balaban J connectivity index is 2.06. The molecule has 1 amide bonds. The molecule has 0 unspecified atom stereocenters. The van der Waals surface area contributed by atoms with Crippen molar-refractivity contribution in [3.05, 3.63) is 72.3 Å². The van der Waals surface area contributed by atoms with E-state index >= 15 is 0 Å². The number of carbonyl (C=O) groups is 1. The normalized spacial score (nSPS) is 10.4. The minimum atomic E-state index is 0.0528. The van der Waals surface area contributed by atoms with Gasteiger partial charge in [-0.05, 0) is 25.5 Å². The van der Waals surface area contributed by atoms with Crippen molar-refractivity contribution in [1.82, 2.24) is 9.88 Å². The molecule has 0 saturated carbocycles. The van der Waals surface area contributed by atoms with E-state index < -0.39 is 0 Å². The molecule has 0 aliphatic rings. The van der Waals surface area contributed by atoms with E-state index in [1.165, 1.54) is 11.8 Å². The third kappa shape index (κ3) is 4.85. The first-order valence-electron chi connectivity index (χ1n) is 9.64. The second-order valence-corrected chi connectivity index (χ2v) is 7.40. The van der Waals surface area contributed by atoms with E-state index in [1.807, 2.05) is 80.6 Å². The van der Waals surface area contributed by atoms with E-state index in [0.717, 1.165) is 22.4 Å². The zero-order valence-electron chi connectivity index (χ0n) is 16.6. The highest BCUT2D eigenvalue weighted by atomic mass is 32.2. The molecular formula is C24H23N3OS. The first kappa shape index (κ1) is 20.6. The van der Waals surface area contributed by atoms with E-state index in [-0.39, 0.29) is 11.7 Å². The zero-order chi connectivity index (χ0) is 20.6. The Morgan fingerprint density at radius 3 is 2.14 bits per heavy atom. The summed E-state index contributed by atoms with van der Waals surface area (Å²) in [6, 6.07) is 24.0. The quantitative estimate of drug-likeness (QED) is 0.508. The van der Waals surface area contributed by atoms with Crippen LogP contribution in [0.1, 0.15) is 19.4 Å². The standard InChI is InChI=1S/C24H23N3OS/c1-3-27(4-2)23(28)17-29-24-21(16-25)20(18-11-7-5-8-12-18)15-22(26-24)19-13-9-6-10-14-19/h5-15H,3-4,17H2,1-2H3. The van der Waals surface area contributed by atoms with Crippen LogP contribution >= 0.6 is 11.8 Å². The van der Waals surface area contributed by atoms with E-state index in [2.05, 4.69) is 6.07 Å². The van der Waals surface area contributed by atoms with Gasteiger partial charge in [0.1, 0.15) is 11.1 Å². The molecule has 4 nitrogen and oxygen atoms in total. The third-order valence-corrected chi connectivity index (χ3v) is 5.66. The number of aromatic nitrogens is 1. The average molecular weight is 402 g/mol. The molecule has 29 heavy (non-hydrogen) atoms. The van der Waals surface area contributed by atoms with Crippen molar-refractivity contribution in [2.45, 2.75) is 18.9 Å². The van der Waals surface area contributed by atoms with Crippen LogP contribution < -0.4 is 0 Å². The smallest absolute Gasteiger partial charge is 0.232 e. The molecule has 0 atom stereocenters. The summed E-state index contributed by atoms with van der Waals surface area (Å²) in [5.41, 5.74) is 4.07. The molecule has 0 fully saturated rings. The highest BCUT2D eigenvalue weighted by molar-refractivity contribution is 8.00. The number of pyridine rings is 1. The lowest BCUT2D eigenvalue weighted by molar-refractivity contribution is -0.127. The molecule has 1 aromatic heterocycles. The number of nitriles is 1. The average Bonchev–Trinajstić information content (AvgIpc) is 2.79. The van der Waals surface area contributed by atoms with Crippen molar-refractivity contribution in [1.29, 1.82) is 5.26 Å². The molecule has 5 heteroatoms. The lowest BCUT2D eigenvalue weighted by Crippen LogP contribution is -2.31. The van der Waals surface area contributed by atoms with E-state index in [0.29, 0.717) is 23.7 Å². The lowest BCUT2D eigenvalue weighted by Gasteiger charge is -2.18. The van der Waals surface area contributed by atoms with Crippen LogP contribution in [0.25, 0.3) is 22.4 Å². The van der Waals surface area contributed by atoms with Crippen molar-refractivity contribution in [3.8, 4) is 28.5 Å². The van der Waals surface area contributed by atoms with Gasteiger partial charge < -0.3 is 4.90 Å². The number of nitrogens with zero attached hydrogens (tertiary/aromatic N) is 3. The molecule has 0 aliphatic carbocycles. The van der Waals surface area contributed by atoms with Gasteiger partial charge in [-0.2, -0.15) is 5.26 Å². The molecule has 0 bridgehead atoms. The number of carbonyl (C=O) groups excluding carboxylic acids is 1. The minimum absolute atomic E-state index is 0.0528. The Hall–Kier alpha value is -3.10. The van der Waals surface area contributed by atoms with Crippen LogP contribution in [0.15, 0.2) is 71.8 Å². The van der Waals surface area contributed by atoms with Crippen LogP contribution in [0.2, 0.25) is 0 Å². The van der Waals surface area contributed by atoms with Crippen LogP contribution in [-0.4, -0.2) is 34.6 Å². The van der Waals surface area contributed by atoms with Gasteiger partial charge in [-0.25, -0.2) is 4.98 Å². The van der Waals surface area contributed by atoms with Crippen LogP contribution in [0.3, 0.4) is 0 Å². The number of amides is 1. The summed E-state index contributed by atoms with van der Waals surface area (Å²) in [6.07, 6.45) is 0. The predicted octanol–water partition coefficient (Wildman–Crippen LogP) is 5.25. The number of hydrogen-bond donors (Lipinski definition) is 0. The van der Waals surface area contributed by atoms with Gasteiger partial charge >= 0.3 is 0 Å².